The Kier molecular flexibility index (Phi) is 6.19. The van der Waals surface area contributed by atoms with Crippen LogP contribution < -0.4 is 5.32 Å². The van der Waals surface area contributed by atoms with Crippen LogP contribution in [0.3, 0.4) is 0 Å². The fourth-order valence-corrected chi connectivity index (χ4v) is 3.03. The van der Waals surface area contributed by atoms with Crippen LogP contribution in [0.2, 0.25) is 0 Å². The molecular weight excluding hydrogens is 350 g/mol. The summed E-state index contributed by atoms with van der Waals surface area (Å²) in [5, 5.41) is 15.5. The van der Waals surface area contributed by atoms with Crippen molar-refractivity contribution in [1.29, 1.82) is 0 Å². The second-order valence-corrected chi connectivity index (χ2v) is 7.36. The van der Waals surface area contributed by atoms with Crippen molar-refractivity contribution in [3.05, 3.63) is 65.2 Å². The van der Waals surface area contributed by atoms with Gasteiger partial charge in [-0.15, -0.1) is 10.2 Å². The van der Waals surface area contributed by atoms with E-state index in [1.165, 1.54) is 15.9 Å². The van der Waals surface area contributed by atoms with E-state index in [-0.39, 0.29) is 18.5 Å². The highest BCUT2D eigenvalue weighted by Crippen LogP contribution is 2.20. The van der Waals surface area contributed by atoms with Crippen LogP contribution in [0.5, 0.6) is 0 Å². The first-order valence-electron chi connectivity index (χ1n) is 9.70. The van der Waals surface area contributed by atoms with Crippen LogP contribution in [0.25, 0.3) is 11.4 Å². The van der Waals surface area contributed by atoms with E-state index in [4.69, 9.17) is 0 Å². The molecule has 0 aliphatic rings. The Morgan fingerprint density at radius 2 is 1.68 bits per heavy atom. The molecule has 3 rings (SSSR count). The molecule has 1 atom stereocenters. The number of carbonyl (C=O) groups is 1. The van der Waals surface area contributed by atoms with Crippen LogP contribution in [0.1, 0.15) is 55.8 Å². The van der Waals surface area contributed by atoms with Crippen LogP contribution in [0.4, 0.5) is 0 Å². The van der Waals surface area contributed by atoms with E-state index in [9.17, 15) is 4.79 Å². The molecule has 0 spiro atoms. The molecule has 3 aromatic rings. The number of amides is 1. The number of aromatic nitrogens is 4. The number of hydrogen-bond donors (Lipinski definition) is 1. The second kappa shape index (κ2) is 8.78. The number of carbonyl (C=O) groups excluding carboxylic acids is 1. The van der Waals surface area contributed by atoms with Gasteiger partial charge >= 0.3 is 0 Å². The molecule has 1 amide bonds. The van der Waals surface area contributed by atoms with Gasteiger partial charge in [0.05, 0.1) is 6.04 Å². The molecule has 0 saturated carbocycles. The van der Waals surface area contributed by atoms with Crippen molar-refractivity contribution >= 4 is 5.91 Å². The third-order valence-corrected chi connectivity index (χ3v) is 4.80. The van der Waals surface area contributed by atoms with Crippen molar-refractivity contribution in [3.63, 3.8) is 0 Å². The quantitative estimate of drug-likeness (QED) is 0.674. The molecule has 2 aromatic carbocycles. The summed E-state index contributed by atoms with van der Waals surface area (Å²) in [4.78, 5) is 13.8. The van der Waals surface area contributed by atoms with E-state index in [0.29, 0.717) is 11.7 Å². The lowest BCUT2D eigenvalue weighted by Gasteiger charge is -2.17. The van der Waals surface area contributed by atoms with Gasteiger partial charge in [0, 0.05) is 5.56 Å². The first kappa shape index (κ1) is 19.7. The van der Waals surface area contributed by atoms with Crippen molar-refractivity contribution < 1.29 is 4.79 Å². The topological polar surface area (TPSA) is 72.7 Å². The van der Waals surface area contributed by atoms with Gasteiger partial charge in [-0.1, -0.05) is 74.9 Å². The molecule has 0 saturated heterocycles. The number of aryl methyl sites for hydroxylation is 1. The summed E-state index contributed by atoms with van der Waals surface area (Å²) in [5.74, 6) is 0.863. The summed E-state index contributed by atoms with van der Waals surface area (Å²) in [5.41, 5.74) is 4.45. The summed E-state index contributed by atoms with van der Waals surface area (Å²) in [7, 11) is 0. The number of nitrogens with zero attached hydrogens (tertiary/aromatic N) is 4. The lowest BCUT2D eigenvalue weighted by Crippen LogP contribution is -2.32. The van der Waals surface area contributed by atoms with E-state index < -0.39 is 0 Å². The molecule has 0 radical (unpaired) electrons. The maximum absolute atomic E-state index is 12.4. The molecule has 6 nitrogen and oxygen atoms in total. The normalized spacial score (nSPS) is 12.2. The molecule has 0 bridgehead atoms. The van der Waals surface area contributed by atoms with E-state index in [2.05, 4.69) is 77.9 Å². The van der Waals surface area contributed by atoms with E-state index in [0.717, 1.165) is 17.5 Å². The van der Waals surface area contributed by atoms with E-state index in [1.807, 2.05) is 19.1 Å². The van der Waals surface area contributed by atoms with Gasteiger partial charge in [-0.2, -0.15) is 4.80 Å². The predicted octanol–water partition coefficient (Wildman–Crippen LogP) is 4.04. The molecule has 0 fully saturated rings. The molecule has 0 aliphatic heterocycles. The molecule has 0 unspecified atom stereocenters. The number of hydrogen-bond acceptors (Lipinski definition) is 4. The number of nitrogens with one attached hydrogen (secondary N) is 1. The molecule has 6 heteroatoms. The van der Waals surface area contributed by atoms with Crippen LogP contribution >= 0.6 is 0 Å². The summed E-state index contributed by atoms with van der Waals surface area (Å²) in [6.45, 7) is 8.45. The summed E-state index contributed by atoms with van der Waals surface area (Å²) in [6.07, 6.45) is 0.813. The van der Waals surface area contributed by atoms with Crippen molar-refractivity contribution in [2.45, 2.75) is 52.6 Å². The summed E-state index contributed by atoms with van der Waals surface area (Å²) in [6, 6.07) is 16.3. The van der Waals surface area contributed by atoms with Crippen LogP contribution in [0.15, 0.2) is 48.5 Å². The van der Waals surface area contributed by atoms with Gasteiger partial charge < -0.3 is 5.32 Å². The van der Waals surface area contributed by atoms with Gasteiger partial charge in [0.15, 0.2) is 0 Å². The Hall–Kier alpha value is -3.02. The summed E-state index contributed by atoms with van der Waals surface area (Å²) < 4.78 is 0. The molecule has 1 N–H and O–H groups in total. The number of tetrazole rings is 1. The second-order valence-electron chi connectivity index (χ2n) is 7.36. The Labute approximate surface area is 166 Å². The minimum atomic E-state index is -0.133. The summed E-state index contributed by atoms with van der Waals surface area (Å²) >= 11 is 0. The van der Waals surface area contributed by atoms with Gasteiger partial charge in [0.2, 0.25) is 11.7 Å². The van der Waals surface area contributed by atoms with Gasteiger partial charge in [-0.05, 0) is 35.6 Å². The largest absolute Gasteiger partial charge is 0.348 e. The first-order chi connectivity index (χ1) is 13.5. The zero-order valence-corrected chi connectivity index (χ0v) is 16.9. The molecule has 0 aliphatic carbocycles. The predicted molar refractivity (Wildman–Crippen MR) is 110 cm³/mol. The van der Waals surface area contributed by atoms with Crippen LogP contribution in [0, 0.1) is 6.92 Å². The highest BCUT2D eigenvalue weighted by molar-refractivity contribution is 5.76. The smallest absolute Gasteiger partial charge is 0.244 e. The van der Waals surface area contributed by atoms with Crippen molar-refractivity contribution in [3.8, 4) is 11.4 Å². The monoisotopic (exact) mass is 377 g/mol. The standard InChI is InChI=1S/C22H27N5O/c1-5-20(18-8-6-16(4)7-9-18)23-21(28)14-27-25-22(24-26-27)19-12-10-17(11-13-19)15(2)3/h6-13,15,20H,5,14H2,1-4H3,(H,23,28)/t20-/m0/s1. The van der Waals surface area contributed by atoms with Gasteiger partial charge in [0.1, 0.15) is 6.54 Å². The Bertz CT molecular complexity index is 913. The molecular formula is C22H27N5O. The number of rotatable bonds is 7. The maximum atomic E-state index is 12.4. The van der Waals surface area contributed by atoms with Crippen molar-refractivity contribution in [2.24, 2.45) is 0 Å². The SMILES string of the molecule is CC[C@H](NC(=O)Cn1nnc(-c2ccc(C(C)C)cc2)n1)c1ccc(C)cc1. The average Bonchev–Trinajstić information content (AvgIpc) is 3.15. The lowest BCUT2D eigenvalue weighted by molar-refractivity contribution is -0.122. The molecule has 28 heavy (non-hydrogen) atoms. The van der Waals surface area contributed by atoms with E-state index in [1.54, 1.807) is 0 Å². The maximum Gasteiger partial charge on any atom is 0.244 e. The van der Waals surface area contributed by atoms with Crippen molar-refractivity contribution in [2.75, 3.05) is 0 Å². The minimum absolute atomic E-state index is 0.0281. The minimum Gasteiger partial charge on any atom is -0.348 e. The van der Waals surface area contributed by atoms with Crippen molar-refractivity contribution in [1.82, 2.24) is 25.5 Å². The Morgan fingerprint density at radius 1 is 1.04 bits per heavy atom. The fraction of sp³-hybridized carbons (Fsp3) is 0.364. The average molecular weight is 377 g/mol. The highest BCUT2D eigenvalue weighted by Gasteiger charge is 2.15. The first-order valence-corrected chi connectivity index (χ1v) is 9.70. The molecule has 1 aromatic heterocycles. The highest BCUT2D eigenvalue weighted by atomic mass is 16.2. The van der Waals surface area contributed by atoms with Gasteiger partial charge in [-0.25, -0.2) is 0 Å². The molecule has 146 valence electrons. The zero-order valence-electron chi connectivity index (χ0n) is 16.9. The lowest BCUT2D eigenvalue weighted by atomic mass is 10.0. The zero-order chi connectivity index (χ0) is 20.1. The Balaban J connectivity index is 1.63. The van der Waals surface area contributed by atoms with Gasteiger partial charge in [0.25, 0.3) is 0 Å². The Morgan fingerprint density at radius 3 is 2.29 bits per heavy atom. The third-order valence-electron chi connectivity index (χ3n) is 4.80. The van der Waals surface area contributed by atoms with Crippen LogP contribution in [-0.2, 0) is 11.3 Å². The van der Waals surface area contributed by atoms with E-state index >= 15 is 0 Å². The third kappa shape index (κ3) is 4.82. The fourth-order valence-electron chi connectivity index (χ4n) is 3.03. The van der Waals surface area contributed by atoms with Crippen LogP contribution in [-0.4, -0.2) is 26.1 Å². The number of benzene rings is 2. The molecule has 1 heterocycles. The van der Waals surface area contributed by atoms with Gasteiger partial charge in [-0.3, -0.25) is 4.79 Å².